The van der Waals surface area contributed by atoms with E-state index in [1.54, 1.807) is 0 Å². The van der Waals surface area contributed by atoms with Crippen LogP contribution in [0.15, 0.2) is 0 Å². The van der Waals surface area contributed by atoms with Gasteiger partial charge in [0.25, 0.3) is 0 Å². The summed E-state index contributed by atoms with van der Waals surface area (Å²) in [5.41, 5.74) is 6.24. The predicted molar refractivity (Wildman–Crippen MR) is 55.5 cm³/mol. The Balaban J connectivity index is 2.47. The Hall–Kier alpha value is -0.0800. The summed E-state index contributed by atoms with van der Waals surface area (Å²) in [5, 5.41) is 0. The van der Waals surface area contributed by atoms with Crippen molar-refractivity contribution in [3.05, 3.63) is 0 Å². The summed E-state index contributed by atoms with van der Waals surface area (Å²) in [5.74, 6) is 1.95. The smallest absolute Gasteiger partial charge is 0.0494 e. The summed E-state index contributed by atoms with van der Waals surface area (Å²) in [6.07, 6.45) is 2.33. The Morgan fingerprint density at radius 3 is 2.77 bits per heavy atom. The lowest BCUT2D eigenvalue weighted by Gasteiger charge is -2.35. The molecule has 4 unspecified atom stereocenters. The fourth-order valence-electron chi connectivity index (χ4n) is 2.16. The molecule has 0 bridgehead atoms. The van der Waals surface area contributed by atoms with Crippen LogP contribution in [0.2, 0.25) is 0 Å². The Morgan fingerprint density at radius 1 is 1.54 bits per heavy atom. The summed E-state index contributed by atoms with van der Waals surface area (Å²) in [7, 11) is 0. The van der Waals surface area contributed by atoms with Crippen molar-refractivity contribution in [2.45, 2.75) is 39.7 Å². The first kappa shape index (κ1) is 11.0. The van der Waals surface area contributed by atoms with Gasteiger partial charge in [-0.25, -0.2) is 0 Å². The third-order valence-corrected chi connectivity index (χ3v) is 3.50. The van der Waals surface area contributed by atoms with Gasteiger partial charge in [-0.15, -0.1) is 0 Å². The van der Waals surface area contributed by atoms with Gasteiger partial charge >= 0.3 is 0 Å². The van der Waals surface area contributed by atoms with Crippen molar-refractivity contribution in [1.82, 2.24) is 0 Å². The van der Waals surface area contributed by atoms with Crippen LogP contribution in [0.5, 0.6) is 0 Å². The zero-order chi connectivity index (χ0) is 9.84. The summed E-state index contributed by atoms with van der Waals surface area (Å²) in [6, 6.07) is 0.365. The summed E-state index contributed by atoms with van der Waals surface area (Å²) >= 11 is 0. The molecule has 0 aliphatic carbocycles. The van der Waals surface area contributed by atoms with Gasteiger partial charge in [-0.3, -0.25) is 0 Å². The van der Waals surface area contributed by atoms with Crippen LogP contribution in [-0.4, -0.2) is 19.3 Å². The Labute approximate surface area is 81.8 Å². The fourth-order valence-corrected chi connectivity index (χ4v) is 2.16. The van der Waals surface area contributed by atoms with Crippen LogP contribution in [-0.2, 0) is 4.74 Å². The lowest BCUT2D eigenvalue weighted by Crippen LogP contribution is -2.43. The molecule has 0 saturated carbocycles. The normalized spacial score (nSPS) is 34.2. The highest BCUT2D eigenvalue weighted by molar-refractivity contribution is 4.82. The highest BCUT2D eigenvalue weighted by atomic mass is 16.5. The van der Waals surface area contributed by atoms with Crippen molar-refractivity contribution >= 4 is 0 Å². The molecule has 0 aromatic carbocycles. The maximum absolute atomic E-state index is 6.24. The van der Waals surface area contributed by atoms with E-state index in [2.05, 4.69) is 20.8 Å². The first-order valence-electron chi connectivity index (χ1n) is 5.50. The molecule has 0 radical (unpaired) electrons. The van der Waals surface area contributed by atoms with Crippen LogP contribution < -0.4 is 5.73 Å². The first-order valence-corrected chi connectivity index (χ1v) is 5.50. The topological polar surface area (TPSA) is 35.2 Å². The zero-order valence-electron chi connectivity index (χ0n) is 9.12. The van der Waals surface area contributed by atoms with Crippen molar-refractivity contribution in [2.24, 2.45) is 23.5 Å². The van der Waals surface area contributed by atoms with Crippen LogP contribution >= 0.6 is 0 Å². The van der Waals surface area contributed by atoms with Crippen LogP contribution in [0.25, 0.3) is 0 Å². The Kier molecular flexibility index (Phi) is 4.20. The van der Waals surface area contributed by atoms with E-state index < -0.39 is 0 Å². The summed E-state index contributed by atoms with van der Waals surface area (Å²) in [4.78, 5) is 0. The van der Waals surface area contributed by atoms with E-state index in [0.717, 1.165) is 19.6 Å². The second kappa shape index (κ2) is 4.97. The van der Waals surface area contributed by atoms with Gasteiger partial charge in [-0.05, 0) is 24.2 Å². The van der Waals surface area contributed by atoms with Crippen molar-refractivity contribution in [3.8, 4) is 0 Å². The van der Waals surface area contributed by atoms with Gasteiger partial charge in [-0.1, -0.05) is 27.2 Å². The molecule has 0 spiro atoms. The summed E-state index contributed by atoms with van der Waals surface area (Å²) in [6.45, 7) is 8.53. The SMILES string of the molecule is CCC(C)C(N)C1CCOCC1C. The fraction of sp³-hybridized carbons (Fsp3) is 1.00. The van der Waals surface area contributed by atoms with E-state index in [0.29, 0.717) is 23.8 Å². The monoisotopic (exact) mass is 185 g/mol. The van der Waals surface area contributed by atoms with Gasteiger partial charge in [0.2, 0.25) is 0 Å². The molecule has 2 nitrogen and oxygen atoms in total. The Bertz CT molecular complexity index is 149. The minimum Gasteiger partial charge on any atom is -0.381 e. The standard InChI is InChI=1S/C11H23NO/c1-4-8(2)11(12)10-5-6-13-7-9(10)3/h8-11H,4-7,12H2,1-3H3. The van der Waals surface area contributed by atoms with E-state index >= 15 is 0 Å². The molecule has 4 atom stereocenters. The quantitative estimate of drug-likeness (QED) is 0.730. The maximum Gasteiger partial charge on any atom is 0.0494 e. The van der Waals surface area contributed by atoms with Gasteiger partial charge in [0.15, 0.2) is 0 Å². The number of hydrogen-bond acceptors (Lipinski definition) is 2. The molecule has 13 heavy (non-hydrogen) atoms. The molecule has 78 valence electrons. The molecule has 2 N–H and O–H groups in total. The molecule has 2 heteroatoms. The third-order valence-electron chi connectivity index (χ3n) is 3.50. The van der Waals surface area contributed by atoms with Crippen molar-refractivity contribution in [3.63, 3.8) is 0 Å². The van der Waals surface area contributed by atoms with Gasteiger partial charge in [0, 0.05) is 19.3 Å². The average Bonchev–Trinajstić information content (AvgIpc) is 2.16. The molecule has 1 heterocycles. The number of nitrogens with two attached hydrogens (primary N) is 1. The molecule has 1 aliphatic rings. The molecular weight excluding hydrogens is 162 g/mol. The average molecular weight is 185 g/mol. The predicted octanol–water partition coefficient (Wildman–Crippen LogP) is 2.03. The molecule has 0 aromatic heterocycles. The van der Waals surface area contributed by atoms with E-state index in [1.807, 2.05) is 0 Å². The second-order valence-corrected chi connectivity index (χ2v) is 4.47. The first-order chi connectivity index (χ1) is 6.16. The zero-order valence-corrected chi connectivity index (χ0v) is 9.12. The third kappa shape index (κ3) is 2.68. The van der Waals surface area contributed by atoms with Gasteiger partial charge in [-0.2, -0.15) is 0 Å². The molecular formula is C11H23NO. The molecule has 1 rings (SSSR count). The minimum atomic E-state index is 0.365. The number of hydrogen-bond donors (Lipinski definition) is 1. The van der Waals surface area contributed by atoms with Gasteiger partial charge < -0.3 is 10.5 Å². The molecule has 1 fully saturated rings. The highest BCUT2D eigenvalue weighted by Crippen LogP contribution is 2.27. The van der Waals surface area contributed by atoms with Crippen molar-refractivity contribution in [2.75, 3.05) is 13.2 Å². The van der Waals surface area contributed by atoms with E-state index in [1.165, 1.54) is 6.42 Å². The molecule has 1 saturated heterocycles. The maximum atomic E-state index is 6.24. The largest absolute Gasteiger partial charge is 0.381 e. The molecule has 0 aromatic rings. The number of rotatable bonds is 3. The van der Waals surface area contributed by atoms with Crippen molar-refractivity contribution in [1.29, 1.82) is 0 Å². The lowest BCUT2D eigenvalue weighted by molar-refractivity contribution is 0.00916. The van der Waals surface area contributed by atoms with Crippen LogP contribution in [0.1, 0.15) is 33.6 Å². The lowest BCUT2D eigenvalue weighted by atomic mass is 9.78. The van der Waals surface area contributed by atoms with E-state index in [-0.39, 0.29) is 0 Å². The van der Waals surface area contributed by atoms with Gasteiger partial charge in [0.1, 0.15) is 0 Å². The minimum absolute atomic E-state index is 0.365. The molecule has 1 aliphatic heterocycles. The van der Waals surface area contributed by atoms with Crippen LogP contribution in [0, 0.1) is 17.8 Å². The highest BCUT2D eigenvalue weighted by Gasteiger charge is 2.29. The van der Waals surface area contributed by atoms with Crippen LogP contribution in [0.3, 0.4) is 0 Å². The van der Waals surface area contributed by atoms with E-state index in [4.69, 9.17) is 10.5 Å². The summed E-state index contributed by atoms with van der Waals surface area (Å²) < 4.78 is 5.42. The van der Waals surface area contributed by atoms with E-state index in [9.17, 15) is 0 Å². The Morgan fingerprint density at radius 2 is 2.23 bits per heavy atom. The van der Waals surface area contributed by atoms with Crippen LogP contribution in [0.4, 0.5) is 0 Å². The number of ether oxygens (including phenoxy) is 1. The van der Waals surface area contributed by atoms with Gasteiger partial charge in [0.05, 0.1) is 0 Å². The second-order valence-electron chi connectivity index (χ2n) is 4.47. The van der Waals surface area contributed by atoms with Crippen molar-refractivity contribution < 1.29 is 4.74 Å². The molecule has 0 amide bonds.